The van der Waals surface area contributed by atoms with Gasteiger partial charge in [0.15, 0.2) is 0 Å². The molecule has 0 aliphatic carbocycles. The van der Waals surface area contributed by atoms with E-state index >= 15 is 0 Å². The van der Waals surface area contributed by atoms with Gasteiger partial charge in [0.25, 0.3) is 5.56 Å². The van der Waals surface area contributed by atoms with Crippen molar-refractivity contribution in [1.82, 2.24) is 15.1 Å². The molecular weight excluding hydrogens is 364 g/mol. The van der Waals surface area contributed by atoms with Crippen LogP contribution in [0.15, 0.2) is 35.1 Å². The Labute approximate surface area is 164 Å². The number of rotatable bonds is 5. The zero-order valence-electron chi connectivity index (χ0n) is 15.7. The average Bonchev–Trinajstić information content (AvgIpc) is 2.69. The summed E-state index contributed by atoms with van der Waals surface area (Å²) < 4.78 is 1.36. The molecular formula is C20H25ClN4O2. The summed E-state index contributed by atoms with van der Waals surface area (Å²) in [7, 11) is 0. The lowest BCUT2D eigenvalue weighted by Gasteiger charge is -2.32. The van der Waals surface area contributed by atoms with Gasteiger partial charge < -0.3 is 10.2 Å². The lowest BCUT2D eigenvalue weighted by molar-refractivity contribution is -0.125. The van der Waals surface area contributed by atoms with E-state index in [1.165, 1.54) is 10.7 Å². The van der Waals surface area contributed by atoms with Gasteiger partial charge in [-0.1, -0.05) is 24.6 Å². The van der Waals surface area contributed by atoms with Crippen molar-refractivity contribution in [2.24, 2.45) is 5.92 Å². The zero-order valence-corrected chi connectivity index (χ0v) is 16.5. The third-order valence-corrected chi connectivity index (χ3v) is 5.26. The first kappa shape index (κ1) is 19.4. The minimum Gasteiger partial charge on any atom is -0.356 e. The topological polar surface area (TPSA) is 67.2 Å². The summed E-state index contributed by atoms with van der Waals surface area (Å²) >= 11 is 6.20. The van der Waals surface area contributed by atoms with Crippen molar-refractivity contribution < 1.29 is 4.79 Å². The van der Waals surface area contributed by atoms with E-state index < -0.39 is 0 Å². The molecule has 1 aliphatic heterocycles. The van der Waals surface area contributed by atoms with E-state index in [9.17, 15) is 9.59 Å². The number of anilines is 1. The molecule has 0 bridgehead atoms. The number of carbonyl (C=O) groups is 1. The van der Waals surface area contributed by atoms with Crippen LogP contribution in [0.25, 0.3) is 5.69 Å². The number of amides is 1. The molecule has 1 amide bonds. The van der Waals surface area contributed by atoms with Gasteiger partial charge in [-0.2, -0.15) is 4.68 Å². The van der Waals surface area contributed by atoms with Crippen LogP contribution in [-0.4, -0.2) is 35.3 Å². The Morgan fingerprint density at radius 2 is 2.15 bits per heavy atom. The molecule has 144 valence electrons. The number of hydrogen-bond donors (Lipinski definition) is 1. The SMILES string of the molecule is CCCNC(=O)C1CCCN(c2ccc(=O)n(-c3ccc(C)c(Cl)c3)n2)C1. The molecule has 0 saturated carbocycles. The van der Waals surface area contributed by atoms with E-state index in [1.54, 1.807) is 12.1 Å². The van der Waals surface area contributed by atoms with E-state index in [-0.39, 0.29) is 17.4 Å². The van der Waals surface area contributed by atoms with Gasteiger partial charge >= 0.3 is 0 Å². The maximum Gasteiger partial charge on any atom is 0.271 e. The first-order valence-electron chi connectivity index (χ1n) is 9.39. The van der Waals surface area contributed by atoms with Crippen molar-refractivity contribution >= 4 is 23.3 Å². The van der Waals surface area contributed by atoms with Crippen molar-refractivity contribution in [2.75, 3.05) is 24.5 Å². The number of hydrogen-bond acceptors (Lipinski definition) is 4. The Balaban J connectivity index is 1.83. The number of benzene rings is 1. The van der Waals surface area contributed by atoms with Gasteiger partial charge in [-0.25, -0.2) is 0 Å². The molecule has 1 fully saturated rings. The molecule has 2 aromatic rings. The number of halogens is 1. The van der Waals surface area contributed by atoms with Crippen LogP contribution in [0.2, 0.25) is 5.02 Å². The van der Waals surface area contributed by atoms with E-state index in [1.807, 2.05) is 26.0 Å². The van der Waals surface area contributed by atoms with Crippen molar-refractivity contribution in [2.45, 2.75) is 33.1 Å². The van der Waals surface area contributed by atoms with Gasteiger partial charge in [0.05, 0.1) is 11.6 Å². The monoisotopic (exact) mass is 388 g/mol. The fourth-order valence-electron chi connectivity index (χ4n) is 3.26. The maximum absolute atomic E-state index is 12.3. The number of nitrogens with zero attached hydrogens (tertiary/aromatic N) is 3. The molecule has 1 aromatic heterocycles. The third-order valence-electron chi connectivity index (χ3n) is 4.85. The van der Waals surface area contributed by atoms with Gasteiger partial charge in [-0.15, -0.1) is 5.10 Å². The van der Waals surface area contributed by atoms with Crippen molar-refractivity contribution in [3.8, 4) is 5.69 Å². The van der Waals surface area contributed by atoms with E-state index in [0.717, 1.165) is 31.4 Å². The second-order valence-electron chi connectivity index (χ2n) is 6.95. The normalized spacial score (nSPS) is 17.0. The molecule has 0 radical (unpaired) electrons. The fraction of sp³-hybridized carbons (Fsp3) is 0.450. The van der Waals surface area contributed by atoms with Crippen LogP contribution in [0.1, 0.15) is 31.7 Å². The average molecular weight is 389 g/mol. The lowest BCUT2D eigenvalue weighted by atomic mass is 9.97. The fourth-order valence-corrected chi connectivity index (χ4v) is 3.44. The Kier molecular flexibility index (Phi) is 6.16. The Morgan fingerprint density at radius 3 is 2.89 bits per heavy atom. The minimum atomic E-state index is -0.215. The van der Waals surface area contributed by atoms with Crippen LogP contribution in [-0.2, 0) is 4.79 Å². The molecule has 27 heavy (non-hydrogen) atoms. The van der Waals surface area contributed by atoms with Gasteiger partial charge in [0.1, 0.15) is 5.82 Å². The molecule has 1 unspecified atom stereocenters. The van der Waals surface area contributed by atoms with E-state index in [4.69, 9.17) is 11.6 Å². The smallest absolute Gasteiger partial charge is 0.271 e. The van der Waals surface area contributed by atoms with Crippen LogP contribution in [0.5, 0.6) is 0 Å². The Morgan fingerprint density at radius 1 is 1.33 bits per heavy atom. The summed E-state index contributed by atoms with van der Waals surface area (Å²) in [4.78, 5) is 26.7. The van der Waals surface area contributed by atoms with Crippen molar-refractivity contribution in [3.63, 3.8) is 0 Å². The van der Waals surface area contributed by atoms with Crippen molar-refractivity contribution in [1.29, 1.82) is 0 Å². The van der Waals surface area contributed by atoms with Crippen LogP contribution in [0.4, 0.5) is 5.82 Å². The minimum absolute atomic E-state index is 0.0544. The van der Waals surface area contributed by atoms with Crippen LogP contribution in [0, 0.1) is 12.8 Å². The zero-order chi connectivity index (χ0) is 19.4. The summed E-state index contributed by atoms with van der Waals surface area (Å²) in [6.45, 7) is 6.08. The highest BCUT2D eigenvalue weighted by Crippen LogP contribution is 2.22. The molecule has 6 nitrogen and oxygen atoms in total. The summed E-state index contributed by atoms with van der Waals surface area (Å²) in [6, 6.07) is 8.67. The molecule has 0 spiro atoms. The molecule has 1 aromatic carbocycles. The van der Waals surface area contributed by atoms with Gasteiger partial charge in [0, 0.05) is 30.7 Å². The summed E-state index contributed by atoms with van der Waals surface area (Å²) in [5, 5.41) is 8.10. The van der Waals surface area contributed by atoms with E-state index in [2.05, 4.69) is 15.3 Å². The third kappa shape index (κ3) is 4.50. The Hall–Kier alpha value is -2.34. The first-order valence-corrected chi connectivity index (χ1v) is 9.77. The standard InChI is InChI=1S/C20H25ClN4O2/c1-3-10-22-20(27)15-5-4-11-24(13-15)18-8-9-19(26)25(23-18)16-7-6-14(2)17(21)12-16/h6-9,12,15H,3-5,10-11,13H2,1-2H3,(H,22,27). The van der Waals surface area contributed by atoms with Gasteiger partial charge in [-0.3, -0.25) is 9.59 Å². The number of aryl methyl sites for hydroxylation is 1. The molecule has 3 rings (SSSR count). The first-order chi connectivity index (χ1) is 13.0. The second-order valence-corrected chi connectivity index (χ2v) is 7.36. The largest absolute Gasteiger partial charge is 0.356 e. The summed E-state index contributed by atoms with van der Waals surface area (Å²) in [5.41, 5.74) is 1.36. The quantitative estimate of drug-likeness (QED) is 0.855. The van der Waals surface area contributed by atoms with Gasteiger partial charge in [-0.05, 0) is 49.9 Å². The highest BCUT2D eigenvalue weighted by molar-refractivity contribution is 6.31. The molecule has 1 N–H and O–H groups in total. The predicted molar refractivity (Wildman–Crippen MR) is 108 cm³/mol. The highest BCUT2D eigenvalue weighted by atomic mass is 35.5. The predicted octanol–water partition coefficient (Wildman–Crippen LogP) is 2.94. The van der Waals surface area contributed by atoms with Crippen molar-refractivity contribution in [3.05, 3.63) is 51.3 Å². The number of nitrogens with one attached hydrogen (secondary N) is 1. The highest BCUT2D eigenvalue weighted by Gasteiger charge is 2.26. The number of piperidine rings is 1. The number of carbonyl (C=O) groups excluding carboxylic acids is 1. The maximum atomic E-state index is 12.3. The van der Waals surface area contributed by atoms with E-state index in [0.29, 0.717) is 29.6 Å². The molecule has 1 aliphatic rings. The summed E-state index contributed by atoms with van der Waals surface area (Å²) in [5.74, 6) is 0.737. The number of aromatic nitrogens is 2. The van der Waals surface area contributed by atoms with Crippen LogP contribution < -0.4 is 15.8 Å². The Bertz CT molecular complexity index is 881. The molecule has 2 heterocycles. The van der Waals surface area contributed by atoms with Crippen LogP contribution in [0.3, 0.4) is 0 Å². The van der Waals surface area contributed by atoms with Crippen LogP contribution >= 0.6 is 11.6 Å². The molecule has 7 heteroatoms. The van der Waals surface area contributed by atoms with Gasteiger partial charge in [0.2, 0.25) is 5.91 Å². The lowest BCUT2D eigenvalue weighted by Crippen LogP contribution is -2.44. The molecule has 1 saturated heterocycles. The second kappa shape index (κ2) is 8.57. The molecule has 1 atom stereocenters. The summed E-state index contributed by atoms with van der Waals surface area (Å²) in [6.07, 6.45) is 2.72.